The molecule has 3 aromatic rings. The van der Waals surface area contributed by atoms with Crippen molar-refractivity contribution in [2.75, 3.05) is 49.8 Å². The number of hydrogen-bond acceptors (Lipinski definition) is 9. The lowest BCUT2D eigenvalue weighted by Crippen LogP contribution is -2.41. The van der Waals surface area contributed by atoms with Gasteiger partial charge in [-0.05, 0) is 62.7 Å². The number of thiophene rings is 1. The van der Waals surface area contributed by atoms with Gasteiger partial charge in [-0.15, -0.1) is 11.3 Å². The zero-order valence-corrected chi connectivity index (χ0v) is 26.1. The van der Waals surface area contributed by atoms with E-state index in [0.29, 0.717) is 61.8 Å². The van der Waals surface area contributed by atoms with Crippen LogP contribution in [0.25, 0.3) is 0 Å². The van der Waals surface area contributed by atoms with Gasteiger partial charge >= 0.3 is 0 Å². The van der Waals surface area contributed by atoms with Crippen LogP contribution in [0, 0.1) is 24.7 Å². The molecule has 1 aliphatic rings. The van der Waals surface area contributed by atoms with E-state index >= 15 is 0 Å². The van der Waals surface area contributed by atoms with Crippen molar-refractivity contribution in [2.45, 2.75) is 33.2 Å². The molecule has 0 bridgehead atoms. The lowest BCUT2D eigenvalue weighted by atomic mass is 9.99. The Hall–Kier alpha value is -3.61. The molecule has 1 amide bonds. The molecule has 0 saturated heterocycles. The Bertz CT molecular complexity index is 1470. The summed E-state index contributed by atoms with van der Waals surface area (Å²) in [5.41, 5.74) is 9.37. The number of aryl methyl sites for hydroxylation is 1. The summed E-state index contributed by atoms with van der Waals surface area (Å²) in [5, 5.41) is 21.8. The normalized spacial score (nSPS) is 14.6. The SMILES string of the molecule is CC(=N)N1C(=N)[C@H](CC(=O)Nc2ccc(OCCOCCOCCN)cc2)N=C(c2ccc(Cl)cc2)c2c1sc(C)c2C. The maximum absolute atomic E-state index is 13.2. The number of ether oxygens (including phenoxy) is 3. The topological polar surface area (TPSA) is 146 Å². The lowest BCUT2D eigenvalue weighted by molar-refractivity contribution is -0.116. The average Bonchev–Trinajstić information content (AvgIpc) is 3.19. The molecule has 1 aliphatic heterocycles. The monoisotopic (exact) mass is 624 g/mol. The number of nitrogens with one attached hydrogen (secondary N) is 3. The van der Waals surface area contributed by atoms with Crippen molar-refractivity contribution in [3.63, 3.8) is 0 Å². The molecule has 4 rings (SSSR count). The van der Waals surface area contributed by atoms with Gasteiger partial charge in [-0.3, -0.25) is 25.5 Å². The maximum Gasteiger partial charge on any atom is 0.227 e. The molecule has 12 heteroatoms. The number of anilines is 2. The van der Waals surface area contributed by atoms with Crippen molar-refractivity contribution < 1.29 is 19.0 Å². The lowest BCUT2D eigenvalue weighted by Gasteiger charge is -2.24. The molecule has 1 atom stereocenters. The van der Waals surface area contributed by atoms with E-state index in [0.717, 1.165) is 26.6 Å². The average molecular weight is 625 g/mol. The van der Waals surface area contributed by atoms with Crippen molar-refractivity contribution in [2.24, 2.45) is 10.7 Å². The highest BCUT2D eigenvalue weighted by molar-refractivity contribution is 7.17. The third-order valence-corrected chi connectivity index (χ3v) is 8.19. The van der Waals surface area contributed by atoms with Crippen LogP contribution in [0.5, 0.6) is 5.75 Å². The van der Waals surface area contributed by atoms with Gasteiger partial charge in [0.1, 0.15) is 35.1 Å². The van der Waals surface area contributed by atoms with Crippen molar-refractivity contribution in [1.82, 2.24) is 0 Å². The van der Waals surface area contributed by atoms with E-state index in [1.54, 1.807) is 48.2 Å². The number of amidine groups is 2. The highest BCUT2D eigenvalue weighted by Gasteiger charge is 2.34. The summed E-state index contributed by atoms with van der Waals surface area (Å²) in [6.45, 7) is 8.46. The summed E-state index contributed by atoms with van der Waals surface area (Å²) in [4.78, 5) is 20.9. The minimum Gasteiger partial charge on any atom is -0.491 e. The van der Waals surface area contributed by atoms with Gasteiger partial charge in [-0.25, -0.2) is 0 Å². The quantitative estimate of drug-likeness (QED) is 0.113. The van der Waals surface area contributed by atoms with E-state index in [1.165, 1.54) is 11.3 Å². The first-order valence-electron chi connectivity index (χ1n) is 14.0. The van der Waals surface area contributed by atoms with Gasteiger partial charge < -0.3 is 25.3 Å². The van der Waals surface area contributed by atoms with E-state index < -0.39 is 6.04 Å². The van der Waals surface area contributed by atoms with Crippen molar-refractivity contribution in [1.29, 1.82) is 10.8 Å². The van der Waals surface area contributed by atoms with Crippen LogP contribution >= 0.6 is 22.9 Å². The number of hydrogen-bond donors (Lipinski definition) is 4. The third-order valence-electron chi connectivity index (χ3n) is 6.75. The Morgan fingerprint density at radius 1 is 1.05 bits per heavy atom. The van der Waals surface area contributed by atoms with Crippen LogP contribution in [0.4, 0.5) is 10.7 Å². The van der Waals surface area contributed by atoms with E-state index in [2.05, 4.69) is 5.32 Å². The van der Waals surface area contributed by atoms with Crippen LogP contribution < -0.4 is 20.7 Å². The van der Waals surface area contributed by atoms with Gasteiger partial charge in [0.25, 0.3) is 0 Å². The Labute approximate surface area is 260 Å². The number of nitrogens with zero attached hydrogens (tertiary/aromatic N) is 2. The number of amides is 1. The molecule has 0 fully saturated rings. The standard InChI is InChI=1S/C31H37ClN6O4S/c1-19-20(2)43-31-28(19)29(22-4-6-23(32)7-5-22)37-26(30(35)38(31)21(3)34)18-27(39)36-24-8-10-25(11-9-24)42-17-16-41-15-14-40-13-12-33/h4-11,26,34-35H,12-18,33H2,1-3H3,(H,36,39)/t26-/m0/s1. The molecule has 43 heavy (non-hydrogen) atoms. The second-order valence-corrected chi connectivity index (χ2v) is 11.5. The smallest absolute Gasteiger partial charge is 0.227 e. The molecule has 0 aliphatic carbocycles. The number of rotatable bonds is 13. The summed E-state index contributed by atoms with van der Waals surface area (Å²) in [7, 11) is 0. The van der Waals surface area contributed by atoms with Gasteiger partial charge in [-0.1, -0.05) is 23.7 Å². The van der Waals surface area contributed by atoms with Crippen LogP contribution in [-0.2, 0) is 14.3 Å². The molecular weight excluding hydrogens is 588 g/mol. The van der Waals surface area contributed by atoms with E-state index in [9.17, 15) is 4.79 Å². The first-order valence-corrected chi connectivity index (χ1v) is 15.1. The van der Waals surface area contributed by atoms with Gasteiger partial charge in [0.05, 0.1) is 38.6 Å². The largest absolute Gasteiger partial charge is 0.491 e. The Morgan fingerprint density at radius 2 is 1.70 bits per heavy atom. The Balaban J connectivity index is 1.46. The number of fused-ring (bicyclic) bond motifs is 1. The Kier molecular flexibility index (Phi) is 11.4. The number of nitrogens with two attached hydrogens (primary N) is 1. The van der Waals surface area contributed by atoms with Gasteiger partial charge in [0.2, 0.25) is 5.91 Å². The van der Waals surface area contributed by atoms with Crippen LogP contribution in [0.3, 0.4) is 0 Å². The molecule has 10 nitrogen and oxygen atoms in total. The molecule has 0 unspecified atom stereocenters. The number of halogens is 1. The summed E-state index contributed by atoms with van der Waals surface area (Å²) in [5.74, 6) is 0.615. The predicted octanol–water partition coefficient (Wildman–Crippen LogP) is 5.42. The van der Waals surface area contributed by atoms with Crippen LogP contribution in [0.2, 0.25) is 5.02 Å². The van der Waals surface area contributed by atoms with Crippen LogP contribution in [0.15, 0.2) is 53.5 Å². The summed E-state index contributed by atoms with van der Waals surface area (Å²) in [6, 6.07) is 13.6. The summed E-state index contributed by atoms with van der Waals surface area (Å²) < 4.78 is 16.4. The van der Waals surface area contributed by atoms with E-state index in [-0.39, 0.29) is 24.0 Å². The fourth-order valence-electron chi connectivity index (χ4n) is 4.53. The van der Waals surface area contributed by atoms with Crippen LogP contribution in [-0.4, -0.2) is 68.9 Å². The third kappa shape index (κ3) is 8.27. The molecular formula is C31H37ClN6O4S. The zero-order valence-electron chi connectivity index (χ0n) is 24.5. The van der Waals surface area contributed by atoms with Gasteiger partial charge in [0, 0.05) is 33.3 Å². The number of aliphatic imine (C=N–C) groups is 1. The number of benzene rings is 2. The predicted molar refractivity (Wildman–Crippen MR) is 174 cm³/mol. The second kappa shape index (κ2) is 15.2. The fourth-order valence-corrected chi connectivity index (χ4v) is 5.88. The van der Waals surface area contributed by atoms with Gasteiger partial charge in [0.15, 0.2) is 0 Å². The van der Waals surface area contributed by atoms with Crippen molar-refractivity contribution in [3.05, 3.63) is 75.1 Å². The first-order chi connectivity index (χ1) is 20.7. The zero-order chi connectivity index (χ0) is 30.9. The molecule has 1 aromatic heterocycles. The number of carbonyl (C=O) groups excluding carboxylic acids is 1. The van der Waals surface area contributed by atoms with Crippen molar-refractivity contribution >= 4 is 56.9 Å². The van der Waals surface area contributed by atoms with Gasteiger partial charge in [-0.2, -0.15) is 0 Å². The molecule has 2 aromatic carbocycles. The van der Waals surface area contributed by atoms with Crippen LogP contribution in [0.1, 0.15) is 34.9 Å². The highest BCUT2D eigenvalue weighted by Crippen LogP contribution is 2.40. The minimum atomic E-state index is -0.811. The summed E-state index contributed by atoms with van der Waals surface area (Å²) in [6.07, 6.45) is -0.0722. The van der Waals surface area contributed by atoms with E-state index in [1.807, 2.05) is 26.0 Å². The van der Waals surface area contributed by atoms with Crippen molar-refractivity contribution in [3.8, 4) is 5.75 Å². The molecule has 0 spiro atoms. The minimum absolute atomic E-state index is 0.0722. The molecule has 228 valence electrons. The molecule has 0 radical (unpaired) electrons. The molecule has 5 N–H and O–H groups in total. The first kappa shape index (κ1) is 32.3. The second-order valence-electron chi connectivity index (χ2n) is 9.91. The summed E-state index contributed by atoms with van der Waals surface area (Å²) >= 11 is 7.68. The Morgan fingerprint density at radius 3 is 2.35 bits per heavy atom. The fraction of sp³-hybridized carbons (Fsp3) is 0.355. The maximum atomic E-state index is 13.2. The molecule has 2 heterocycles. The molecule has 0 saturated carbocycles. The number of carbonyl (C=O) groups is 1. The van der Waals surface area contributed by atoms with E-state index in [4.69, 9.17) is 47.4 Å². The highest BCUT2D eigenvalue weighted by atomic mass is 35.5.